The summed E-state index contributed by atoms with van der Waals surface area (Å²) < 4.78 is 18.8. The molecule has 0 aliphatic carbocycles. The zero-order valence-corrected chi connectivity index (χ0v) is 15.6. The van der Waals surface area contributed by atoms with Gasteiger partial charge in [0, 0.05) is 19.1 Å². The van der Waals surface area contributed by atoms with Crippen LogP contribution in [0.1, 0.15) is 28.8 Å². The minimum absolute atomic E-state index is 0. The van der Waals surface area contributed by atoms with Crippen molar-refractivity contribution in [1.29, 1.82) is 0 Å². The quantitative estimate of drug-likeness (QED) is 0.863. The molecule has 1 aliphatic heterocycles. The number of para-hydroxylation sites is 1. The molecule has 0 bridgehead atoms. The van der Waals surface area contributed by atoms with Crippen LogP contribution in [0.25, 0.3) is 0 Å². The first kappa shape index (κ1) is 20.2. The number of piperidine rings is 1. The third kappa shape index (κ3) is 4.96. The van der Waals surface area contributed by atoms with E-state index in [1.54, 1.807) is 24.3 Å². The van der Waals surface area contributed by atoms with Crippen molar-refractivity contribution in [3.8, 4) is 5.75 Å². The van der Waals surface area contributed by atoms with Crippen LogP contribution in [0, 0.1) is 5.82 Å². The van der Waals surface area contributed by atoms with Crippen LogP contribution in [0.5, 0.6) is 5.75 Å². The first-order chi connectivity index (χ1) is 12.2. The predicted molar refractivity (Wildman–Crippen MR) is 102 cm³/mol. The lowest BCUT2D eigenvalue weighted by Crippen LogP contribution is -2.47. The van der Waals surface area contributed by atoms with Gasteiger partial charge < -0.3 is 15.0 Å². The van der Waals surface area contributed by atoms with Gasteiger partial charge in [0.25, 0.3) is 5.91 Å². The lowest BCUT2D eigenvalue weighted by molar-refractivity contribution is 0.0693. The van der Waals surface area contributed by atoms with Gasteiger partial charge in [0.1, 0.15) is 18.2 Å². The maximum absolute atomic E-state index is 13.0. The Hall–Kier alpha value is -2.11. The Balaban J connectivity index is 0.00000243. The van der Waals surface area contributed by atoms with Gasteiger partial charge >= 0.3 is 0 Å². The van der Waals surface area contributed by atoms with Crippen molar-refractivity contribution in [1.82, 2.24) is 10.2 Å². The number of rotatable bonds is 5. The van der Waals surface area contributed by atoms with E-state index in [0.717, 1.165) is 24.9 Å². The SMILES string of the molecule is CNC1CCCN(C(=O)c2ccccc2OCc2ccc(F)cc2)C1.Cl. The molecule has 0 saturated carbocycles. The van der Waals surface area contributed by atoms with Crippen molar-refractivity contribution in [2.24, 2.45) is 0 Å². The summed E-state index contributed by atoms with van der Waals surface area (Å²) in [5, 5.41) is 3.25. The summed E-state index contributed by atoms with van der Waals surface area (Å²) in [7, 11) is 1.93. The Morgan fingerprint density at radius 3 is 2.69 bits per heavy atom. The van der Waals surface area contributed by atoms with Crippen molar-refractivity contribution in [2.75, 3.05) is 20.1 Å². The van der Waals surface area contributed by atoms with Crippen molar-refractivity contribution in [3.05, 3.63) is 65.5 Å². The molecule has 1 saturated heterocycles. The fraction of sp³-hybridized carbons (Fsp3) is 0.350. The molecule has 1 aliphatic rings. The normalized spacial score (nSPS) is 16.7. The second-order valence-corrected chi connectivity index (χ2v) is 6.29. The fourth-order valence-corrected chi connectivity index (χ4v) is 3.08. The maximum atomic E-state index is 13.0. The minimum Gasteiger partial charge on any atom is -0.488 e. The Bertz CT molecular complexity index is 724. The molecule has 1 fully saturated rings. The van der Waals surface area contributed by atoms with Crippen LogP contribution < -0.4 is 10.1 Å². The Morgan fingerprint density at radius 2 is 1.96 bits per heavy atom. The molecule has 2 aromatic rings. The third-order valence-electron chi connectivity index (χ3n) is 4.54. The van der Waals surface area contributed by atoms with Gasteiger partial charge in [0.2, 0.25) is 0 Å². The summed E-state index contributed by atoms with van der Waals surface area (Å²) in [6.45, 7) is 1.77. The summed E-state index contributed by atoms with van der Waals surface area (Å²) in [5.74, 6) is 0.279. The molecule has 1 N–H and O–H groups in total. The summed E-state index contributed by atoms with van der Waals surface area (Å²) in [6, 6.07) is 13.8. The molecular weight excluding hydrogens is 355 g/mol. The number of hydrogen-bond donors (Lipinski definition) is 1. The summed E-state index contributed by atoms with van der Waals surface area (Å²) in [5.41, 5.74) is 1.43. The molecule has 140 valence electrons. The van der Waals surface area contributed by atoms with Gasteiger partial charge in [0.15, 0.2) is 0 Å². The largest absolute Gasteiger partial charge is 0.488 e. The van der Waals surface area contributed by atoms with Gasteiger partial charge in [-0.3, -0.25) is 4.79 Å². The van der Waals surface area contributed by atoms with E-state index in [2.05, 4.69) is 5.32 Å². The molecule has 1 heterocycles. The topological polar surface area (TPSA) is 41.6 Å². The van der Waals surface area contributed by atoms with Gasteiger partial charge in [-0.25, -0.2) is 4.39 Å². The molecule has 0 radical (unpaired) electrons. The highest BCUT2D eigenvalue weighted by Gasteiger charge is 2.25. The van der Waals surface area contributed by atoms with Crippen LogP contribution in [0.2, 0.25) is 0 Å². The van der Waals surface area contributed by atoms with Crippen LogP contribution >= 0.6 is 12.4 Å². The van der Waals surface area contributed by atoms with E-state index in [4.69, 9.17) is 4.74 Å². The molecule has 4 nitrogen and oxygen atoms in total. The number of likely N-dealkylation sites (N-methyl/N-ethyl adjacent to an activating group) is 1. The number of amides is 1. The summed E-state index contributed by atoms with van der Waals surface area (Å²) in [6.07, 6.45) is 2.08. The molecule has 6 heteroatoms. The average molecular weight is 379 g/mol. The number of benzene rings is 2. The maximum Gasteiger partial charge on any atom is 0.257 e. The standard InChI is InChI=1S/C20H23FN2O2.ClH/c1-22-17-5-4-12-23(13-17)20(24)18-6-2-3-7-19(18)25-14-15-8-10-16(21)11-9-15;/h2-3,6-11,17,22H,4-5,12-14H2,1H3;1H. The van der Waals surface area contributed by atoms with Gasteiger partial charge in [-0.2, -0.15) is 0 Å². The van der Waals surface area contributed by atoms with Crippen LogP contribution in [0.3, 0.4) is 0 Å². The highest BCUT2D eigenvalue weighted by atomic mass is 35.5. The number of ether oxygens (including phenoxy) is 1. The van der Waals surface area contributed by atoms with Crippen LogP contribution in [0.4, 0.5) is 4.39 Å². The molecular formula is C20H24ClFN2O2. The van der Waals surface area contributed by atoms with E-state index >= 15 is 0 Å². The van der Waals surface area contributed by atoms with E-state index in [9.17, 15) is 9.18 Å². The van der Waals surface area contributed by atoms with E-state index in [0.29, 0.717) is 30.5 Å². The zero-order valence-electron chi connectivity index (χ0n) is 14.8. The predicted octanol–water partition coefficient (Wildman–Crippen LogP) is 3.65. The Labute approximate surface area is 159 Å². The van der Waals surface area contributed by atoms with Crippen molar-refractivity contribution in [2.45, 2.75) is 25.5 Å². The van der Waals surface area contributed by atoms with Crippen LogP contribution in [-0.4, -0.2) is 37.0 Å². The van der Waals surface area contributed by atoms with Crippen molar-refractivity contribution < 1.29 is 13.9 Å². The Morgan fingerprint density at radius 1 is 1.23 bits per heavy atom. The molecule has 1 amide bonds. The number of carbonyl (C=O) groups excluding carboxylic acids is 1. The van der Waals surface area contributed by atoms with Gasteiger partial charge in [0.05, 0.1) is 5.56 Å². The van der Waals surface area contributed by atoms with E-state index in [1.165, 1.54) is 12.1 Å². The average Bonchev–Trinajstić information content (AvgIpc) is 2.67. The zero-order chi connectivity index (χ0) is 17.6. The summed E-state index contributed by atoms with van der Waals surface area (Å²) >= 11 is 0. The fourth-order valence-electron chi connectivity index (χ4n) is 3.08. The lowest BCUT2D eigenvalue weighted by Gasteiger charge is -2.33. The third-order valence-corrected chi connectivity index (χ3v) is 4.54. The van der Waals surface area contributed by atoms with Crippen LogP contribution in [0.15, 0.2) is 48.5 Å². The van der Waals surface area contributed by atoms with Crippen LogP contribution in [-0.2, 0) is 6.61 Å². The monoisotopic (exact) mass is 378 g/mol. The van der Waals surface area contributed by atoms with Gasteiger partial charge in [-0.1, -0.05) is 24.3 Å². The molecule has 2 aromatic carbocycles. The molecule has 1 atom stereocenters. The Kier molecular flexibility index (Phi) is 7.42. The molecule has 0 aromatic heterocycles. The number of carbonyl (C=O) groups is 1. The second kappa shape index (κ2) is 9.55. The minimum atomic E-state index is -0.275. The number of nitrogens with one attached hydrogen (secondary N) is 1. The van der Waals surface area contributed by atoms with E-state index < -0.39 is 0 Å². The van der Waals surface area contributed by atoms with E-state index in [-0.39, 0.29) is 24.1 Å². The number of likely N-dealkylation sites (tertiary alicyclic amines) is 1. The van der Waals surface area contributed by atoms with Gasteiger partial charge in [-0.05, 0) is 49.7 Å². The number of halogens is 2. The first-order valence-corrected chi connectivity index (χ1v) is 8.60. The second-order valence-electron chi connectivity index (χ2n) is 6.29. The van der Waals surface area contributed by atoms with Crippen molar-refractivity contribution >= 4 is 18.3 Å². The van der Waals surface area contributed by atoms with E-state index in [1.807, 2.05) is 24.1 Å². The highest BCUT2D eigenvalue weighted by Crippen LogP contribution is 2.23. The number of nitrogens with zero attached hydrogens (tertiary/aromatic N) is 1. The van der Waals surface area contributed by atoms with Gasteiger partial charge in [-0.15, -0.1) is 12.4 Å². The first-order valence-electron chi connectivity index (χ1n) is 8.60. The molecule has 26 heavy (non-hydrogen) atoms. The molecule has 3 rings (SSSR count). The number of hydrogen-bond acceptors (Lipinski definition) is 3. The lowest BCUT2D eigenvalue weighted by atomic mass is 10.0. The molecule has 1 unspecified atom stereocenters. The summed E-state index contributed by atoms with van der Waals surface area (Å²) in [4.78, 5) is 14.8. The van der Waals surface area contributed by atoms with Crippen molar-refractivity contribution in [3.63, 3.8) is 0 Å². The highest BCUT2D eigenvalue weighted by molar-refractivity contribution is 5.97. The smallest absolute Gasteiger partial charge is 0.257 e. The molecule has 0 spiro atoms.